The minimum absolute atomic E-state index is 0.197. The molecule has 5 nitrogen and oxygen atoms in total. The number of nitrogens with two attached hydrogens (primary N) is 1. The first-order valence-corrected chi connectivity index (χ1v) is 9.11. The van der Waals surface area contributed by atoms with Crippen LogP contribution in [0.1, 0.15) is 29.8 Å². The topological polar surface area (TPSA) is 100 Å². The summed E-state index contributed by atoms with van der Waals surface area (Å²) >= 11 is 0. The van der Waals surface area contributed by atoms with Crippen LogP contribution in [0, 0.1) is 5.41 Å². The fourth-order valence-electron chi connectivity index (χ4n) is 3.26. The van der Waals surface area contributed by atoms with Crippen molar-refractivity contribution in [1.29, 1.82) is 5.41 Å². The Balaban J connectivity index is 0.00000109. The molecule has 28 heavy (non-hydrogen) atoms. The van der Waals surface area contributed by atoms with Crippen LogP contribution in [0.4, 0.5) is 5.69 Å². The van der Waals surface area contributed by atoms with Crippen molar-refractivity contribution in [2.45, 2.75) is 20.5 Å². The van der Waals surface area contributed by atoms with Crippen LogP contribution in [-0.2, 0) is 6.61 Å². The van der Waals surface area contributed by atoms with Gasteiger partial charge < -0.3 is 20.7 Å². The summed E-state index contributed by atoms with van der Waals surface area (Å²) in [5.74, 6) is 0.564. The lowest BCUT2D eigenvalue weighted by molar-refractivity contribution is 0.112. The van der Waals surface area contributed by atoms with Crippen molar-refractivity contribution in [2.24, 2.45) is 0 Å². The van der Waals surface area contributed by atoms with E-state index in [0.717, 1.165) is 28.4 Å². The van der Waals surface area contributed by atoms with E-state index in [1.165, 1.54) is 0 Å². The Morgan fingerprint density at radius 2 is 1.79 bits per heavy atom. The highest BCUT2D eigenvalue weighted by Crippen LogP contribution is 2.41. The number of aldehydes is 1. The summed E-state index contributed by atoms with van der Waals surface area (Å²) in [6.07, 6.45) is 0.756. The van der Waals surface area contributed by atoms with Crippen LogP contribution in [0.25, 0.3) is 33.4 Å². The number of aliphatic hydroxyl groups excluding tert-OH is 1. The maximum atomic E-state index is 11.1. The molecule has 0 aromatic heterocycles. The van der Waals surface area contributed by atoms with Crippen LogP contribution in [0.2, 0.25) is 0 Å². The van der Waals surface area contributed by atoms with Crippen LogP contribution in [0.3, 0.4) is 0 Å². The van der Waals surface area contributed by atoms with Crippen molar-refractivity contribution >= 4 is 22.9 Å². The second-order valence-electron chi connectivity index (χ2n) is 6.14. The normalized spacial score (nSPS) is 10.5. The Morgan fingerprint density at radius 3 is 2.50 bits per heavy atom. The number of aliphatic hydroxyl groups is 1. The highest BCUT2D eigenvalue weighted by atomic mass is 16.3. The predicted octanol–water partition coefficient (Wildman–Crippen LogP) is 4.60. The molecular weight excluding hydrogens is 352 g/mol. The van der Waals surface area contributed by atoms with E-state index in [-0.39, 0.29) is 6.61 Å². The highest BCUT2D eigenvalue weighted by molar-refractivity contribution is 6.03. The second kappa shape index (κ2) is 8.06. The molecule has 2 aliphatic rings. The Hall–Kier alpha value is -3.44. The number of rotatable bonds is 3. The maximum Gasteiger partial charge on any atom is 0.150 e. The van der Waals surface area contributed by atoms with E-state index in [1.807, 2.05) is 32.0 Å². The van der Waals surface area contributed by atoms with Gasteiger partial charge in [-0.3, -0.25) is 4.79 Å². The summed E-state index contributed by atoms with van der Waals surface area (Å²) < 4.78 is 5.97. The number of benzene rings is 3. The number of hydrogen-bond donors (Lipinski definition) is 3. The number of hydrogen-bond acceptors (Lipinski definition) is 5. The van der Waals surface area contributed by atoms with Crippen LogP contribution < -0.4 is 11.1 Å². The molecule has 0 atom stereocenters. The largest absolute Gasteiger partial charge is 0.456 e. The molecule has 142 valence electrons. The zero-order chi connectivity index (χ0) is 20.3. The zero-order valence-corrected chi connectivity index (χ0v) is 15.8. The van der Waals surface area contributed by atoms with E-state index in [4.69, 9.17) is 15.6 Å². The second-order valence-corrected chi connectivity index (χ2v) is 6.14. The van der Waals surface area contributed by atoms with E-state index < -0.39 is 0 Å². The van der Waals surface area contributed by atoms with Crippen LogP contribution >= 0.6 is 0 Å². The van der Waals surface area contributed by atoms with Crippen molar-refractivity contribution in [3.05, 3.63) is 71.1 Å². The van der Waals surface area contributed by atoms with Crippen molar-refractivity contribution in [1.82, 2.24) is 0 Å². The summed E-state index contributed by atoms with van der Waals surface area (Å²) in [7, 11) is 0. The van der Waals surface area contributed by atoms with Gasteiger partial charge in [-0.25, -0.2) is 0 Å². The number of carbonyl (C=O) groups is 1. The lowest BCUT2D eigenvalue weighted by Gasteiger charge is -2.17. The van der Waals surface area contributed by atoms with Crippen molar-refractivity contribution in [2.75, 3.05) is 5.73 Å². The zero-order valence-electron chi connectivity index (χ0n) is 15.8. The molecule has 0 radical (unpaired) electrons. The molecule has 0 saturated heterocycles. The van der Waals surface area contributed by atoms with E-state index >= 15 is 0 Å². The fraction of sp³-hybridized carbons (Fsp3) is 0.130. The molecule has 1 heterocycles. The van der Waals surface area contributed by atoms with Gasteiger partial charge in [0.25, 0.3) is 0 Å². The fourth-order valence-corrected chi connectivity index (χ4v) is 3.26. The number of nitrogen functional groups attached to an aromatic ring is 1. The molecule has 2 aromatic rings. The Labute approximate surface area is 162 Å². The molecule has 4 rings (SSSR count). The van der Waals surface area contributed by atoms with E-state index in [0.29, 0.717) is 33.5 Å². The van der Waals surface area contributed by atoms with E-state index in [1.54, 1.807) is 36.4 Å². The minimum Gasteiger partial charge on any atom is -0.456 e. The molecule has 2 aromatic carbocycles. The van der Waals surface area contributed by atoms with Gasteiger partial charge in [-0.15, -0.1) is 0 Å². The molecule has 0 unspecified atom stereocenters. The average molecular weight is 374 g/mol. The predicted molar refractivity (Wildman–Crippen MR) is 111 cm³/mol. The summed E-state index contributed by atoms with van der Waals surface area (Å²) in [6, 6.07) is 15.8. The lowest BCUT2D eigenvalue weighted by Crippen LogP contribution is -2.01. The van der Waals surface area contributed by atoms with Crippen molar-refractivity contribution in [3.8, 4) is 22.5 Å². The van der Waals surface area contributed by atoms with Gasteiger partial charge in [0.1, 0.15) is 17.6 Å². The van der Waals surface area contributed by atoms with Gasteiger partial charge in [0.05, 0.1) is 12.0 Å². The van der Waals surface area contributed by atoms with Crippen molar-refractivity contribution < 1.29 is 14.3 Å². The summed E-state index contributed by atoms with van der Waals surface area (Å²) in [5.41, 5.74) is 10.7. The Kier molecular flexibility index (Phi) is 5.57. The number of anilines is 1. The molecule has 1 aliphatic carbocycles. The summed E-state index contributed by atoms with van der Waals surface area (Å²) in [5, 5.41) is 18.9. The number of carbonyl (C=O) groups excluding carboxylic acids is 1. The molecule has 0 spiro atoms. The standard InChI is InChI=1S/C21H16N2O3.C2H6/c22-14-2-5-17-19(8-14)26-20-9-15(23)3-6-18(20)21(17)16-4-1-12(10-24)7-13(16)11-25;1-2/h1-10,22,25H,11,23H2;1-2H3. The lowest BCUT2D eigenvalue weighted by atomic mass is 9.90. The molecule has 5 heteroatoms. The van der Waals surface area contributed by atoms with Gasteiger partial charge in [-0.1, -0.05) is 26.0 Å². The van der Waals surface area contributed by atoms with Gasteiger partial charge in [-0.05, 0) is 41.5 Å². The molecular formula is C23H22N2O3. The van der Waals surface area contributed by atoms with Crippen LogP contribution in [0.15, 0.2) is 59.0 Å². The molecule has 0 amide bonds. The SMILES string of the molecule is CC.N=c1ccc2c(-c3ccc(C=O)cc3CO)c3ccc(N)cc3oc-2c1. The molecule has 0 saturated carbocycles. The third-order valence-corrected chi connectivity index (χ3v) is 4.45. The quantitative estimate of drug-likeness (QED) is 0.277. The van der Waals surface area contributed by atoms with Crippen molar-refractivity contribution in [3.63, 3.8) is 0 Å². The maximum absolute atomic E-state index is 11.1. The Morgan fingerprint density at radius 1 is 1.04 bits per heavy atom. The smallest absolute Gasteiger partial charge is 0.150 e. The molecule has 0 bridgehead atoms. The third kappa shape index (κ3) is 3.40. The van der Waals surface area contributed by atoms with Crippen LogP contribution in [0.5, 0.6) is 0 Å². The Bertz CT molecular complexity index is 1180. The van der Waals surface area contributed by atoms with Gasteiger partial charge in [0.15, 0.2) is 0 Å². The molecule has 0 fully saturated rings. The summed E-state index contributed by atoms with van der Waals surface area (Å²) in [4.78, 5) is 11.1. The monoisotopic (exact) mass is 374 g/mol. The van der Waals surface area contributed by atoms with Gasteiger partial charge in [0.2, 0.25) is 0 Å². The van der Waals surface area contributed by atoms with E-state index in [2.05, 4.69) is 0 Å². The third-order valence-electron chi connectivity index (χ3n) is 4.45. The first-order valence-electron chi connectivity index (χ1n) is 9.11. The summed E-state index contributed by atoms with van der Waals surface area (Å²) in [6.45, 7) is 3.80. The van der Waals surface area contributed by atoms with E-state index in [9.17, 15) is 9.90 Å². The van der Waals surface area contributed by atoms with Gasteiger partial charge >= 0.3 is 0 Å². The minimum atomic E-state index is -0.197. The van der Waals surface area contributed by atoms with Crippen LogP contribution in [-0.4, -0.2) is 11.4 Å². The first kappa shape index (κ1) is 19.3. The first-order chi connectivity index (χ1) is 13.6. The molecule has 1 aliphatic heterocycles. The number of fused-ring (bicyclic) bond motifs is 2. The highest BCUT2D eigenvalue weighted by Gasteiger charge is 2.19. The van der Waals surface area contributed by atoms with Gasteiger partial charge in [-0.2, -0.15) is 0 Å². The van der Waals surface area contributed by atoms with Gasteiger partial charge in [0, 0.05) is 39.9 Å². The molecule has 4 N–H and O–H groups in total. The average Bonchev–Trinajstić information content (AvgIpc) is 2.72. The number of nitrogens with one attached hydrogen (secondary N) is 1.